The van der Waals surface area contributed by atoms with Crippen molar-refractivity contribution in [3.63, 3.8) is 0 Å². The van der Waals surface area contributed by atoms with Crippen LogP contribution in [0.25, 0.3) is 0 Å². The molecule has 0 radical (unpaired) electrons. The van der Waals surface area contributed by atoms with Crippen LogP contribution in [0.2, 0.25) is 0 Å². The Labute approximate surface area is 156 Å². The second kappa shape index (κ2) is 10.6. The van der Waals surface area contributed by atoms with E-state index < -0.39 is 0 Å². The van der Waals surface area contributed by atoms with E-state index in [0.717, 1.165) is 24.2 Å². The molecule has 6 heteroatoms. The number of benzene rings is 1. The van der Waals surface area contributed by atoms with Gasteiger partial charge in [0.05, 0.1) is 12.8 Å². The molecule has 0 atom stereocenters. The minimum absolute atomic E-state index is 0.128. The van der Waals surface area contributed by atoms with E-state index in [1.54, 1.807) is 41.2 Å². The predicted octanol–water partition coefficient (Wildman–Crippen LogP) is 4.41. The van der Waals surface area contributed by atoms with Crippen molar-refractivity contribution in [2.24, 2.45) is 0 Å². The van der Waals surface area contributed by atoms with Crippen LogP contribution in [0.5, 0.6) is 0 Å². The topological polar surface area (TPSA) is 36.0 Å². The number of anilines is 2. The molecule has 5 nitrogen and oxygen atoms in total. The molecule has 0 bridgehead atoms. The molecule has 0 saturated carbocycles. The van der Waals surface area contributed by atoms with Crippen LogP contribution in [0.4, 0.5) is 16.2 Å². The molecular formula is C19H27N3O2S. The summed E-state index contributed by atoms with van der Waals surface area (Å²) in [6.07, 6.45) is 5.08. The number of hydrogen-bond acceptors (Lipinski definition) is 3. The maximum atomic E-state index is 12.7. The van der Waals surface area contributed by atoms with E-state index in [-0.39, 0.29) is 6.03 Å². The first-order valence-corrected chi connectivity index (χ1v) is 8.62. The molecule has 2 amide bonds. The van der Waals surface area contributed by atoms with Crippen molar-refractivity contribution in [1.82, 2.24) is 4.90 Å². The van der Waals surface area contributed by atoms with Crippen LogP contribution in [0.15, 0.2) is 49.6 Å². The van der Waals surface area contributed by atoms with E-state index >= 15 is 0 Å². The summed E-state index contributed by atoms with van der Waals surface area (Å²) >= 11 is 5.43. The maximum Gasteiger partial charge on any atom is 0.324 e. The molecule has 0 aliphatic rings. The Hall–Kier alpha value is -2.18. The number of hydroxylamine groups is 1. The Morgan fingerprint density at radius 2 is 1.88 bits per heavy atom. The highest BCUT2D eigenvalue weighted by Gasteiger charge is 2.19. The SMILES string of the molecule is C=CCN(C)C(=O)N(CC=C)c1cccc(N(OC)C(=S)CCC)c1. The minimum Gasteiger partial charge on any atom is -0.324 e. The van der Waals surface area contributed by atoms with Gasteiger partial charge in [-0.05, 0) is 24.6 Å². The third-order valence-corrected chi connectivity index (χ3v) is 3.89. The van der Waals surface area contributed by atoms with E-state index in [1.807, 2.05) is 24.3 Å². The van der Waals surface area contributed by atoms with Crippen molar-refractivity contribution in [2.45, 2.75) is 19.8 Å². The van der Waals surface area contributed by atoms with Crippen LogP contribution in [-0.2, 0) is 4.84 Å². The number of rotatable bonds is 9. The molecular weight excluding hydrogens is 334 g/mol. The fraction of sp³-hybridized carbons (Fsp3) is 0.368. The van der Waals surface area contributed by atoms with Gasteiger partial charge in [0.15, 0.2) is 0 Å². The van der Waals surface area contributed by atoms with E-state index in [2.05, 4.69) is 20.1 Å². The zero-order valence-electron chi connectivity index (χ0n) is 15.3. The molecule has 0 heterocycles. The summed E-state index contributed by atoms with van der Waals surface area (Å²) in [6, 6.07) is 7.41. The summed E-state index contributed by atoms with van der Waals surface area (Å²) in [5, 5.41) is 1.62. The van der Waals surface area contributed by atoms with E-state index in [0.29, 0.717) is 18.1 Å². The number of amides is 2. The highest BCUT2D eigenvalue weighted by molar-refractivity contribution is 7.80. The van der Waals surface area contributed by atoms with Crippen molar-refractivity contribution >= 4 is 34.6 Å². The van der Waals surface area contributed by atoms with Gasteiger partial charge in [0, 0.05) is 32.2 Å². The van der Waals surface area contributed by atoms with Gasteiger partial charge in [-0.1, -0.05) is 37.4 Å². The van der Waals surface area contributed by atoms with Crippen LogP contribution in [0.3, 0.4) is 0 Å². The van der Waals surface area contributed by atoms with Gasteiger partial charge in [-0.2, -0.15) is 0 Å². The lowest BCUT2D eigenvalue weighted by Gasteiger charge is -2.28. The van der Waals surface area contributed by atoms with Gasteiger partial charge < -0.3 is 4.90 Å². The van der Waals surface area contributed by atoms with Crippen molar-refractivity contribution in [2.75, 3.05) is 37.2 Å². The normalized spacial score (nSPS) is 10.0. The Morgan fingerprint density at radius 3 is 2.44 bits per heavy atom. The molecule has 1 rings (SSSR count). The molecule has 0 unspecified atom stereocenters. The Morgan fingerprint density at radius 1 is 1.24 bits per heavy atom. The summed E-state index contributed by atoms with van der Waals surface area (Å²) in [4.78, 5) is 22.1. The number of likely N-dealkylation sites (N-methyl/N-ethyl adjacent to an activating group) is 1. The highest BCUT2D eigenvalue weighted by Crippen LogP contribution is 2.25. The quantitative estimate of drug-likeness (QED) is 0.371. The second-order valence-electron chi connectivity index (χ2n) is 5.49. The fourth-order valence-corrected chi connectivity index (χ4v) is 2.74. The fourth-order valence-electron chi connectivity index (χ4n) is 2.35. The standard InChI is InChI=1S/C19H27N3O2S/c1-6-10-18(25)22(24-5)17-12-9-11-16(15-17)21(14-8-3)19(23)20(4)13-7-2/h7-9,11-12,15H,2-3,6,10,13-14H2,1,4-5H3. The molecule has 1 aromatic rings. The zero-order valence-corrected chi connectivity index (χ0v) is 16.1. The molecule has 0 aliphatic carbocycles. The second-order valence-corrected chi connectivity index (χ2v) is 5.96. The lowest BCUT2D eigenvalue weighted by molar-refractivity contribution is 0.210. The molecule has 0 spiro atoms. The summed E-state index contributed by atoms with van der Waals surface area (Å²) < 4.78 is 0. The third-order valence-electron chi connectivity index (χ3n) is 3.52. The van der Waals surface area contributed by atoms with E-state index in [1.165, 1.54) is 0 Å². The van der Waals surface area contributed by atoms with Gasteiger partial charge in [-0.25, -0.2) is 9.86 Å². The number of nitrogens with zero attached hydrogens (tertiary/aromatic N) is 3. The average molecular weight is 362 g/mol. The van der Waals surface area contributed by atoms with E-state index in [4.69, 9.17) is 17.1 Å². The number of thiocarbonyl (C=S) groups is 1. The first-order valence-electron chi connectivity index (χ1n) is 8.21. The lowest BCUT2D eigenvalue weighted by atomic mass is 10.2. The van der Waals surface area contributed by atoms with Gasteiger partial charge in [-0.15, -0.1) is 13.2 Å². The highest BCUT2D eigenvalue weighted by atomic mass is 32.1. The first-order chi connectivity index (χ1) is 12.0. The maximum absolute atomic E-state index is 12.7. The van der Waals surface area contributed by atoms with E-state index in [9.17, 15) is 4.79 Å². The molecule has 1 aromatic carbocycles. The summed E-state index contributed by atoms with van der Waals surface area (Å²) in [6.45, 7) is 10.4. The average Bonchev–Trinajstić information content (AvgIpc) is 2.60. The summed E-state index contributed by atoms with van der Waals surface area (Å²) in [7, 11) is 3.32. The smallest absolute Gasteiger partial charge is 0.324 e. The van der Waals surface area contributed by atoms with Crippen LogP contribution >= 0.6 is 12.2 Å². The zero-order chi connectivity index (χ0) is 18.8. The van der Waals surface area contributed by atoms with Crippen molar-refractivity contribution < 1.29 is 9.63 Å². The third kappa shape index (κ3) is 5.69. The number of carbonyl (C=O) groups excluding carboxylic acids is 1. The number of urea groups is 1. The van der Waals surface area contributed by atoms with Gasteiger partial charge in [0.25, 0.3) is 0 Å². The van der Waals surface area contributed by atoms with Gasteiger partial charge in [0.2, 0.25) is 0 Å². The monoisotopic (exact) mass is 361 g/mol. The van der Waals surface area contributed by atoms with Gasteiger partial charge >= 0.3 is 6.03 Å². The lowest BCUT2D eigenvalue weighted by Crippen LogP contribution is -2.41. The molecule has 136 valence electrons. The Bertz CT molecular complexity index is 618. The van der Waals surface area contributed by atoms with Crippen molar-refractivity contribution in [3.8, 4) is 0 Å². The number of carbonyl (C=O) groups is 1. The Balaban J connectivity index is 3.17. The molecule has 25 heavy (non-hydrogen) atoms. The van der Waals surface area contributed by atoms with Gasteiger partial charge in [-0.3, -0.25) is 9.74 Å². The van der Waals surface area contributed by atoms with Crippen LogP contribution in [0.1, 0.15) is 19.8 Å². The Kier molecular flexibility index (Phi) is 8.88. The predicted molar refractivity (Wildman–Crippen MR) is 109 cm³/mol. The first kappa shape index (κ1) is 20.9. The molecule has 0 fully saturated rings. The van der Waals surface area contributed by atoms with Crippen molar-refractivity contribution in [1.29, 1.82) is 0 Å². The van der Waals surface area contributed by atoms with Crippen LogP contribution in [-0.4, -0.2) is 43.2 Å². The number of hydrogen-bond donors (Lipinski definition) is 0. The largest absolute Gasteiger partial charge is 0.324 e. The van der Waals surface area contributed by atoms with Crippen LogP contribution in [0, 0.1) is 0 Å². The van der Waals surface area contributed by atoms with Crippen LogP contribution < -0.4 is 9.96 Å². The molecule has 0 aliphatic heterocycles. The van der Waals surface area contributed by atoms with Crippen molar-refractivity contribution in [3.05, 3.63) is 49.6 Å². The molecule has 0 N–H and O–H groups in total. The molecule has 0 saturated heterocycles. The minimum atomic E-state index is -0.128. The molecule has 0 aromatic heterocycles. The summed E-state index contributed by atoms with van der Waals surface area (Å²) in [5.41, 5.74) is 1.53. The summed E-state index contributed by atoms with van der Waals surface area (Å²) in [5.74, 6) is 0. The van der Waals surface area contributed by atoms with Gasteiger partial charge in [0.1, 0.15) is 4.99 Å².